The topological polar surface area (TPSA) is 26.2 Å². The quantitative estimate of drug-likeness (QED) is 0.799. The normalized spacial score (nSPS) is 11.9. The van der Waals surface area contributed by atoms with E-state index >= 15 is 0 Å². The third kappa shape index (κ3) is 4.58. The van der Waals surface area contributed by atoms with E-state index in [0.717, 1.165) is 26.2 Å². The second-order valence-corrected chi connectivity index (χ2v) is 6.30. The van der Waals surface area contributed by atoms with E-state index in [9.17, 15) is 0 Å². The maximum Gasteiger partial charge on any atom is 0.0649 e. The van der Waals surface area contributed by atoms with Gasteiger partial charge in [-0.05, 0) is 44.0 Å². The fourth-order valence-corrected chi connectivity index (χ4v) is 2.52. The molecule has 0 atom stereocenters. The monoisotopic (exact) mass is 288 g/mol. The molecule has 0 bridgehead atoms. The fourth-order valence-electron chi connectivity index (χ4n) is 2.52. The van der Waals surface area contributed by atoms with Crippen molar-refractivity contribution >= 4 is 10.9 Å². The van der Waals surface area contributed by atoms with Gasteiger partial charge in [-0.15, -0.1) is 0 Å². The number of nitrogens with zero attached hydrogens (tertiary/aromatic N) is 1. The van der Waals surface area contributed by atoms with Crippen LogP contribution in [0.25, 0.3) is 10.9 Å². The number of hydrogen-bond donors (Lipinski definition) is 1. The Balaban J connectivity index is 2.06. The van der Waals surface area contributed by atoms with E-state index in [0.29, 0.717) is 12.0 Å². The minimum absolute atomic E-state index is 0.294. The molecule has 116 valence electrons. The van der Waals surface area contributed by atoms with Crippen molar-refractivity contribution in [2.24, 2.45) is 5.92 Å². The number of benzene rings is 1. The molecule has 0 radical (unpaired) electrons. The Kier molecular flexibility index (Phi) is 5.83. The van der Waals surface area contributed by atoms with Crippen molar-refractivity contribution in [3.63, 3.8) is 0 Å². The van der Waals surface area contributed by atoms with Crippen LogP contribution in [-0.2, 0) is 17.8 Å². The number of nitrogens with one attached hydrogen (secondary N) is 1. The Morgan fingerprint density at radius 2 is 1.95 bits per heavy atom. The highest BCUT2D eigenvalue weighted by atomic mass is 16.5. The summed E-state index contributed by atoms with van der Waals surface area (Å²) in [5.74, 6) is 0.682. The predicted octanol–water partition coefficient (Wildman–Crippen LogP) is 3.81. The number of rotatable bonds is 8. The lowest BCUT2D eigenvalue weighted by Gasteiger charge is -2.11. The highest BCUT2D eigenvalue weighted by Crippen LogP contribution is 2.20. The van der Waals surface area contributed by atoms with Crippen LogP contribution in [0.3, 0.4) is 0 Å². The molecule has 0 saturated heterocycles. The highest BCUT2D eigenvalue weighted by molar-refractivity contribution is 5.83. The van der Waals surface area contributed by atoms with E-state index in [1.807, 2.05) is 0 Å². The molecule has 21 heavy (non-hydrogen) atoms. The zero-order chi connectivity index (χ0) is 15.2. The van der Waals surface area contributed by atoms with Crippen molar-refractivity contribution in [2.45, 2.75) is 46.9 Å². The first-order valence-corrected chi connectivity index (χ1v) is 7.97. The average Bonchev–Trinajstić information content (AvgIpc) is 2.82. The lowest BCUT2D eigenvalue weighted by Crippen LogP contribution is -2.19. The van der Waals surface area contributed by atoms with E-state index < -0.39 is 0 Å². The summed E-state index contributed by atoms with van der Waals surface area (Å²) in [4.78, 5) is 0. The van der Waals surface area contributed by atoms with Gasteiger partial charge in [-0.25, -0.2) is 0 Å². The average molecular weight is 288 g/mol. The summed E-state index contributed by atoms with van der Waals surface area (Å²) in [6, 6.07) is 8.77. The van der Waals surface area contributed by atoms with Gasteiger partial charge in [0.05, 0.1) is 12.7 Å². The Labute approximate surface area is 128 Å². The zero-order valence-corrected chi connectivity index (χ0v) is 13.7. The number of aromatic nitrogens is 1. The SMILES string of the molecule is CC(C)CNCc1cccc2c1ccn2CCOC(C)C. The minimum atomic E-state index is 0.294. The van der Waals surface area contributed by atoms with Crippen LogP contribution in [0.4, 0.5) is 0 Å². The van der Waals surface area contributed by atoms with Gasteiger partial charge in [0.15, 0.2) is 0 Å². The largest absolute Gasteiger partial charge is 0.377 e. The minimum Gasteiger partial charge on any atom is -0.377 e. The lowest BCUT2D eigenvalue weighted by molar-refractivity contribution is 0.0733. The Morgan fingerprint density at radius 1 is 1.14 bits per heavy atom. The first-order chi connectivity index (χ1) is 10.1. The highest BCUT2D eigenvalue weighted by Gasteiger charge is 2.06. The Morgan fingerprint density at radius 3 is 2.67 bits per heavy atom. The fraction of sp³-hybridized carbons (Fsp3) is 0.556. The molecule has 0 aliphatic heterocycles. The molecule has 1 aromatic heterocycles. The van der Waals surface area contributed by atoms with Crippen molar-refractivity contribution in [1.29, 1.82) is 0 Å². The van der Waals surface area contributed by atoms with Crippen molar-refractivity contribution in [3.05, 3.63) is 36.0 Å². The van der Waals surface area contributed by atoms with Gasteiger partial charge in [-0.3, -0.25) is 0 Å². The summed E-state index contributed by atoms with van der Waals surface area (Å²) in [6.45, 7) is 12.3. The van der Waals surface area contributed by atoms with Gasteiger partial charge >= 0.3 is 0 Å². The van der Waals surface area contributed by atoms with Crippen molar-refractivity contribution in [2.75, 3.05) is 13.2 Å². The summed E-state index contributed by atoms with van der Waals surface area (Å²) >= 11 is 0. The van der Waals surface area contributed by atoms with Gasteiger partial charge in [0.2, 0.25) is 0 Å². The Bertz CT molecular complexity index is 557. The molecule has 1 heterocycles. The van der Waals surface area contributed by atoms with Gasteiger partial charge in [-0.2, -0.15) is 0 Å². The predicted molar refractivity (Wildman–Crippen MR) is 89.6 cm³/mol. The van der Waals surface area contributed by atoms with Gasteiger partial charge < -0.3 is 14.6 Å². The summed E-state index contributed by atoms with van der Waals surface area (Å²) < 4.78 is 7.93. The number of hydrogen-bond acceptors (Lipinski definition) is 2. The summed E-state index contributed by atoms with van der Waals surface area (Å²) in [6.07, 6.45) is 2.46. The maximum absolute atomic E-state index is 5.65. The molecule has 0 aliphatic rings. The van der Waals surface area contributed by atoms with Gasteiger partial charge in [-0.1, -0.05) is 26.0 Å². The van der Waals surface area contributed by atoms with Crippen molar-refractivity contribution in [3.8, 4) is 0 Å². The van der Waals surface area contributed by atoms with Gasteiger partial charge in [0, 0.05) is 30.2 Å². The third-order valence-electron chi connectivity index (χ3n) is 3.56. The van der Waals surface area contributed by atoms with Gasteiger partial charge in [0.25, 0.3) is 0 Å². The van der Waals surface area contributed by atoms with Crippen molar-refractivity contribution in [1.82, 2.24) is 9.88 Å². The second-order valence-electron chi connectivity index (χ2n) is 6.30. The third-order valence-corrected chi connectivity index (χ3v) is 3.56. The van der Waals surface area contributed by atoms with E-state index in [1.54, 1.807) is 0 Å². The molecule has 0 saturated carbocycles. The van der Waals surface area contributed by atoms with E-state index in [4.69, 9.17) is 4.74 Å². The molecule has 2 rings (SSSR count). The van der Waals surface area contributed by atoms with Gasteiger partial charge in [0.1, 0.15) is 0 Å². The first kappa shape index (κ1) is 16.1. The molecule has 1 aromatic carbocycles. The molecular formula is C18H28N2O. The smallest absolute Gasteiger partial charge is 0.0649 e. The van der Waals surface area contributed by atoms with Crippen LogP contribution in [0.5, 0.6) is 0 Å². The molecule has 0 amide bonds. The van der Waals surface area contributed by atoms with E-state index in [1.165, 1.54) is 16.5 Å². The summed E-state index contributed by atoms with van der Waals surface area (Å²) in [5.41, 5.74) is 2.67. The maximum atomic E-state index is 5.65. The zero-order valence-electron chi connectivity index (χ0n) is 13.7. The lowest BCUT2D eigenvalue weighted by atomic mass is 10.1. The molecule has 0 fully saturated rings. The van der Waals surface area contributed by atoms with Crippen LogP contribution < -0.4 is 5.32 Å². The molecule has 0 aliphatic carbocycles. The number of ether oxygens (including phenoxy) is 1. The molecule has 0 unspecified atom stereocenters. The van der Waals surface area contributed by atoms with Crippen LogP contribution in [-0.4, -0.2) is 23.8 Å². The van der Waals surface area contributed by atoms with E-state index in [-0.39, 0.29) is 0 Å². The van der Waals surface area contributed by atoms with Crippen LogP contribution in [0.1, 0.15) is 33.3 Å². The molecule has 3 nitrogen and oxygen atoms in total. The first-order valence-electron chi connectivity index (χ1n) is 7.97. The molecule has 1 N–H and O–H groups in total. The molecule has 3 heteroatoms. The standard InChI is InChI=1S/C18H28N2O/c1-14(2)12-19-13-16-6-5-7-18-17(16)8-9-20(18)10-11-21-15(3)4/h5-9,14-15,19H,10-13H2,1-4H3. The van der Waals surface area contributed by atoms with E-state index in [2.05, 4.69) is 68.0 Å². The molecule has 0 spiro atoms. The molecule has 2 aromatic rings. The number of fused-ring (bicyclic) bond motifs is 1. The van der Waals surface area contributed by atoms with Crippen LogP contribution in [0.15, 0.2) is 30.5 Å². The van der Waals surface area contributed by atoms with Crippen LogP contribution >= 0.6 is 0 Å². The Hall–Kier alpha value is -1.32. The summed E-state index contributed by atoms with van der Waals surface area (Å²) in [5, 5.41) is 4.87. The summed E-state index contributed by atoms with van der Waals surface area (Å²) in [7, 11) is 0. The molecular weight excluding hydrogens is 260 g/mol. The van der Waals surface area contributed by atoms with Crippen LogP contribution in [0.2, 0.25) is 0 Å². The second kappa shape index (κ2) is 7.62. The van der Waals surface area contributed by atoms with Crippen LogP contribution in [0, 0.1) is 5.92 Å². The van der Waals surface area contributed by atoms with Crippen molar-refractivity contribution < 1.29 is 4.74 Å².